The SMILES string of the molecule is CC1(C)CC(=O)N2[C@@H](CCc3ccccc3)CC(=O)N21. The van der Waals surface area contributed by atoms with Crippen molar-refractivity contribution in [3.05, 3.63) is 35.9 Å². The maximum absolute atomic E-state index is 12.2. The van der Waals surface area contributed by atoms with E-state index in [1.165, 1.54) is 5.56 Å². The van der Waals surface area contributed by atoms with Gasteiger partial charge in [-0.3, -0.25) is 9.59 Å². The Bertz CT molecular complexity index is 537. The Morgan fingerprint density at radius 3 is 2.55 bits per heavy atom. The Morgan fingerprint density at radius 1 is 1.15 bits per heavy atom. The largest absolute Gasteiger partial charge is 0.273 e. The van der Waals surface area contributed by atoms with Gasteiger partial charge in [-0.2, -0.15) is 0 Å². The van der Waals surface area contributed by atoms with Crippen LogP contribution in [0.2, 0.25) is 0 Å². The fourth-order valence-electron chi connectivity index (χ4n) is 3.33. The molecule has 2 amide bonds. The molecule has 2 fully saturated rings. The summed E-state index contributed by atoms with van der Waals surface area (Å²) in [4.78, 5) is 24.3. The molecule has 0 N–H and O–H groups in total. The Labute approximate surface area is 119 Å². The van der Waals surface area contributed by atoms with E-state index >= 15 is 0 Å². The molecular weight excluding hydrogens is 252 g/mol. The highest BCUT2D eigenvalue weighted by Gasteiger charge is 2.53. The molecule has 0 unspecified atom stereocenters. The summed E-state index contributed by atoms with van der Waals surface area (Å²) in [5.41, 5.74) is 0.889. The topological polar surface area (TPSA) is 40.6 Å². The van der Waals surface area contributed by atoms with Crippen LogP contribution in [0.1, 0.15) is 38.7 Å². The van der Waals surface area contributed by atoms with Crippen LogP contribution in [0.15, 0.2) is 30.3 Å². The summed E-state index contributed by atoms with van der Waals surface area (Å²) in [5.74, 6) is 0.165. The highest BCUT2D eigenvalue weighted by molar-refractivity contribution is 5.90. The van der Waals surface area contributed by atoms with Crippen LogP contribution >= 0.6 is 0 Å². The van der Waals surface area contributed by atoms with Gasteiger partial charge in [0.2, 0.25) is 11.8 Å². The molecule has 20 heavy (non-hydrogen) atoms. The standard InChI is InChI=1S/C16H20N2O2/c1-16(2)11-15(20)17-13(10-14(19)18(16)17)9-8-12-6-4-3-5-7-12/h3-7,13H,8-11H2,1-2H3/t13-/m0/s1. The summed E-state index contributed by atoms with van der Waals surface area (Å²) < 4.78 is 0. The van der Waals surface area contributed by atoms with Gasteiger partial charge in [0.15, 0.2) is 0 Å². The Hall–Kier alpha value is -1.84. The van der Waals surface area contributed by atoms with E-state index < -0.39 is 0 Å². The second kappa shape index (κ2) is 4.62. The summed E-state index contributed by atoms with van der Waals surface area (Å²) in [6.45, 7) is 3.92. The zero-order valence-corrected chi connectivity index (χ0v) is 12.0. The van der Waals surface area contributed by atoms with E-state index in [9.17, 15) is 9.59 Å². The predicted molar refractivity (Wildman–Crippen MR) is 75.6 cm³/mol. The van der Waals surface area contributed by atoms with Crippen molar-refractivity contribution >= 4 is 11.8 Å². The summed E-state index contributed by atoms with van der Waals surface area (Å²) in [6, 6.07) is 10.2. The number of carbonyl (C=O) groups excluding carboxylic acids is 2. The molecule has 0 saturated carbocycles. The number of hydrazine groups is 1. The van der Waals surface area contributed by atoms with Gasteiger partial charge in [-0.15, -0.1) is 0 Å². The lowest BCUT2D eigenvalue weighted by molar-refractivity contribution is -0.151. The van der Waals surface area contributed by atoms with Crippen molar-refractivity contribution in [2.45, 2.75) is 51.1 Å². The van der Waals surface area contributed by atoms with Crippen molar-refractivity contribution in [1.29, 1.82) is 0 Å². The number of nitrogens with zero attached hydrogens (tertiary/aromatic N) is 2. The number of fused-ring (bicyclic) bond motifs is 1. The summed E-state index contributed by atoms with van der Waals surface area (Å²) in [7, 11) is 0. The average molecular weight is 272 g/mol. The van der Waals surface area contributed by atoms with Gasteiger partial charge >= 0.3 is 0 Å². The van der Waals surface area contributed by atoms with Gasteiger partial charge in [0.25, 0.3) is 0 Å². The zero-order valence-electron chi connectivity index (χ0n) is 12.0. The molecule has 2 aliphatic rings. The first kappa shape index (κ1) is 13.2. The zero-order chi connectivity index (χ0) is 14.3. The minimum absolute atomic E-state index is 0.0250. The lowest BCUT2D eigenvalue weighted by Gasteiger charge is -2.32. The maximum atomic E-state index is 12.2. The normalized spacial score (nSPS) is 24.4. The number of amides is 2. The summed E-state index contributed by atoms with van der Waals surface area (Å²) in [6.07, 6.45) is 2.63. The van der Waals surface area contributed by atoms with Crippen LogP contribution in [-0.4, -0.2) is 33.4 Å². The molecule has 4 nitrogen and oxygen atoms in total. The van der Waals surface area contributed by atoms with Crippen LogP contribution in [0.3, 0.4) is 0 Å². The monoisotopic (exact) mass is 272 g/mol. The molecule has 2 saturated heterocycles. The third kappa shape index (κ3) is 2.09. The quantitative estimate of drug-likeness (QED) is 0.846. The van der Waals surface area contributed by atoms with Crippen LogP contribution in [0.25, 0.3) is 0 Å². The maximum Gasteiger partial charge on any atom is 0.243 e. The van der Waals surface area contributed by atoms with Gasteiger partial charge in [-0.1, -0.05) is 30.3 Å². The second-order valence-corrected chi connectivity index (χ2v) is 6.32. The van der Waals surface area contributed by atoms with E-state index in [1.54, 1.807) is 10.0 Å². The molecule has 0 radical (unpaired) electrons. The van der Waals surface area contributed by atoms with Crippen molar-refractivity contribution in [3.8, 4) is 0 Å². The lowest BCUT2D eigenvalue weighted by atomic mass is 9.99. The first-order valence-electron chi connectivity index (χ1n) is 7.18. The van der Waals surface area contributed by atoms with E-state index in [4.69, 9.17) is 0 Å². The van der Waals surface area contributed by atoms with E-state index in [2.05, 4.69) is 12.1 Å². The first-order valence-corrected chi connectivity index (χ1v) is 7.18. The highest BCUT2D eigenvalue weighted by atomic mass is 16.2. The van der Waals surface area contributed by atoms with Gasteiger partial charge in [-0.25, -0.2) is 10.0 Å². The highest BCUT2D eigenvalue weighted by Crippen LogP contribution is 2.38. The van der Waals surface area contributed by atoms with Crippen LogP contribution < -0.4 is 0 Å². The molecule has 0 spiro atoms. The van der Waals surface area contributed by atoms with Gasteiger partial charge in [0, 0.05) is 0 Å². The fourth-order valence-corrected chi connectivity index (χ4v) is 3.33. The van der Waals surface area contributed by atoms with Crippen LogP contribution in [0, 0.1) is 0 Å². The second-order valence-electron chi connectivity index (χ2n) is 6.32. The lowest BCUT2D eigenvalue weighted by Crippen LogP contribution is -2.46. The molecular formula is C16H20N2O2. The van der Waals surface area contributed by atoms with Crippen LogP contribution in [-0.2, 0) is 16.0 Å². The number of hydrogen-bond donors (Lipinski definition) is 0. The van der Waals surface area contributed by atoms with Gasteiger partial charge in [0.1, 0.15) is 0 Å². The van der Waals surface area contributed by atoms with Crippen molar-refractivity contribution in [1.82, 2.24) is 10.0 Å². The van der Waals surface area contributed by atoms with E-state index in [0.29, 0.717) is 12.8 Å². The number of hydrogen-bond acceptors (Lipinski definition) is 2. The van der Waals surface area contributed by atoms with Crippen molar-refractivity contribution in [2.75, 3.05) is 0 Å². The number of carbonyl (C=O) groups is 2. The van der Waals surface area contributed by atoms with Crippen molar-refractivity contribution in [2.24, 2.45) is 0 Å². The van der Waals surface area contributed by atoms with Crippen LogP contribution in [0.4, 0.5) is 0 Å². The number of aryl methyl sites for hydroxylation is 1. The first-order chi connectivity index (χ1) is 9.49. The third-order valence-corrected chi connectivity index (χ3v) is 4.23. The summed E-state index contributed by atoms with van der Waals surface area (Å²) in [5, 5.41) is 3.40. The Balaban J connectivity index is 1.73. The van der Waals surface area contributed by atoms with Crippen LogP contribution in [0.5, 0.6) is 0 Å². The molecule has 4 heteroatoms. The van der Waals surface area contributed by atoms with Gasteiger partial charge in [0.05, 0.1) is 24.4 Å². The fraction of sp³-hybridized carbons (Fsp3) is 0.500. The predicted octanol–water partition coefficient (Wildman–Crippen LogP) is 2.15. The Kier molecular flexibility index (Phi) is 3.04. The Morgan fingerprint density at radius 2 is 1.85 bits per heavy atom. The molecule has 0 bridgehead atoms. The molecule has 0 aliphatic carbocycles. The molecule has 2 heterocycles. The molecule has 3 rings (SSSR count). The smallest absolute Gasteiger partial charge is 0.243 e. The van der Waals surface area contributed by atoms with E-state index in [1.807, 2.05) is 32.0 Å². The van der Waals surface area contributed by atoms with Gasteiger partial charge < -0.3 is 0 Å². The van der Waals surface area contributed by atoms with E-state index in [0.717, 1.165) is 12.8 Å². The summed E-state index contributed by atoms with van der Waals surface area (Å²) >= 11 is 0. The average Bonchev–Trinajstić information content (AvgIpc) is 2.86. The van der Waals surface area contributed by atoms with E-state index in [-0.39, 0.29) is 23.4 Å². The van der Waals surface area contributed by atoms with Crippen molar-refractivity contribution < 1.29 is 9.59 Å². The molecule has 1 atom stereocenters. The molecule has 1 aromatic rings. The molecule has 106 valence electrons. The minimum Gasteiger partial charge on any atom is -0.273 e. The molecule has 1 aromatic carbocycles. The van der Waals surface area contributed by atoms with Crippen molar-refractivity contribution in [3.63, 3.8) is 0 Å². The molecule has 2 aliphatic heterocycles. The number of benzene rings is 1. The minimum atomic E-state index is -0.365. The third-order valence-electron chi connectivity index (χ3n) is 4.23. The molecule has 0 aromatic heterocycles. The van der Waals surface area contributed by atoms with Gasteiger partial charge in [-0.05, 0) is 32.3 Å². The number of rotatable bonds is 3.